The van der Waals surface area contributed by atoms with Gasteiger partial charge < -0.3 is 24.4 Å². The van der Waals surface area contributed by atoms with Gasteiger partial charge in [-0.25, -0.2) is 9.78 Å². The van der Waals surface area contributed by atoms with Crippen molar-refractivity contribution in [1.82, 2.24) is 25.0 Å². The molecule has 3 heterocycles. The molecule has 0 atom stereocenters. The Bertz CT molecular complexity index is 1160. The van der Waals surface area contributed by atoms with Gasteiger partial charge in [0.2, 0.25) is 0 Å². The molecule has 0 bridgehead atoms. The molecule has 0 unspecified atom stereocenters. The number of nitrogens with zero attached hydrogens (tertiary/aromatic N) is 6. The summed E-state index contributed by atoms with van der Waals surface area (Å²) in [6.45, 7) is 3.40. The average Bonchev–Trinajstić information content (AvgIpc) is 3.19. The van der Waals surface area contributed by atoms with Crippen molar-refractivity contribution >= 4 is 34.6 Å². The van der Waals surface area contributed by atoms with Crippen LogP contribution >= 0.6 is 11.6 Å². The van der Waals surface area contributed by atoms with Gasteiger partial charge >= 0.3 is 5.97 Å². The minimum absolute atomic E-state index is 0.00890. The summed E-state index contributed by atoms with van der Waals surface area (Å²) in [5.41, 5.74) is 2.52. The van der Waals surface area contributed by atoms with Gasteiger partial charge in [0.05, 0.1) is 36.8 Å². The highest BCUT2D eigenvalue weighted by atomic mass is 35.5. The fourth-order valence-corrected chi connectivity index (χ4v) is 3.64. The Morgan fingerprint density at radius 1 is 1.21 bits per heavy atom. The Morgan fingerprint density at radius 3 is 2.64 bits per heavy atom. The number of halogens is 1. The number of anilines is 3. The molecule has 1 aromatic carbocycles. The average molecular weight is 474 g/mol. The standard InChI is InChI=1S/C21H24ClN7O4/c1-5-33-21(30)18-15(8-17(22)25-26-18)24-16-7-12(29-9-13(10-29)31-3)6-14(19(16)32-4)20-23-11-28(2)27-20/h6-8,11,13H,5,9-10H2,1-4H3,(H,24,25). The molecule has 174 valence electrons. The minimum Gasteiger partial charge on any atom is -0.494 e. The van der Waals surface area contributed by atoms with Gasteiger partial charge in [-0.2, -0.15) is 5.10 Å². The molecule has 0 aliphatic carbocycles. The van der Waals surface area contributed by atoms with E-state index in [4.69, 9.17) is 25.8 Å². The zero-order valence-electron chi connectivity index (χ0n) is 18.7. The molecule has 0 spiro atoms. The Balaban J connectivity index is 1.81. The summed E-state index contributed by atoms with van der Waals surface area (Å²) in [5, 5.41) is 15.5. The predicted molar refractivity (Wildman–Crippen MR) is 122 cm³/mol. The van der Waals surface area contributed by atoms with Crippen LogP contribution in [0.2, 0.25) is 5.15 Å². The first-order chi connectivity index (χ1) is 15.9. The molecule has 2 aromatic heterocycles. The van der Waals surface area contributed by atoms with Gasteiger partial charge in [-0.1, -0.05) is 11.6 Å². The first-order valence-corrected chi connectivity index (χ1v) is 10.6. The van der Waals surface area contributed by atoms with Crippen molar-refractivity contribution in [3.63, 3.8) is 0 Å². The Labute approximate surface area is 195 Å². The van der Waals surface area contributed by atoms with E-state index >= 15 is 0 Å². The van der Waals surface area contributed by atoms with Crippen LogP contribution in [-0.2, 0) is 16.5 Å². The molecule has 33 heavy (non-hydrogen) atoms. The van der Waals surface area contributed by atoms with Crippen LogP contribution in [0.1, 0.15) is 17.4 Å². The molecule has 4 rings (SSSR count). The number of esters is 1. The molecule has 1 fully saturated rings. The van der Waals surface area contributed by atoms with Crippen molar-refractivity contribution in [2.75, 3.05) is 44.1 Å². The number of aromatic nitrogens is 5. The van der Waals surface area contributed by atoms with E-state index in [-0.39, 0.29) is 23.6 Å². The van der Waals surface area contributed by atoms with E-state index in [1.54, 1.807) is 39.2 Å². The van der Waals surface area contributed by atoms with Gasteiger partial charge in [-0.05, 0) is 19.1 Å². The first kappa shape index (κ1) is 22.7. The number of rotatable bonds is 8. The number of hydrogen-bond donors (Lipinski definition) is 1. The highest BCUT2D eigenvalue weighted by Gasteiger charge is 2.29. The molecule has 1 N–H and O–H groups in total. The number of nitrogens with one attached hydrogen (secondary N) is 1. The highest BCUT2D eigenvalue weighted by molar-refractivity contribution is 6.29. The van der Waals surface area contributed by atoms with Crippen LogP contribution in [-0.4, -0.2) is 71.0 Å². The second kappa shape index (κ2) is 9.59. The van der Waals surface area contributed by atoms with Gasteiger partial charge in [-0.3, -0.25) is 4.68 Å². The summed E-state index contributed by atoms with van der Waals surface area (Å²) in [5.74, 6) is 0.382. The molecule has 0 radical (unpaired) electrons. The molecule has 1 saturated heterocycles. The maximum absolute atomic E-state index is 12.4. The molecule has 1 aliphatic rings. The van der Waals surface area contributed by atoms with Gasteiger partial charge in [0.15, 0.2) is 22.4 Å². The first-order valence-electron chi connectivity index (χ1n) is 10.3. The van der Waals surface area contributed by atoms with Crippen LogP contribution in [0.25, 0.3) is 11.4 Å². The van der Waals surface area contributed by atoms with Crippen molar-refractivity contribution in [2.45, 2.75) is 13.0 Å². The quantitative estimate of drug-likeness (QED) is 0.489. The molecule has 0 saturated carbocycles. The molecule has 11 nitrogen and oxygen atoms in total. The lowest BCUT2D eigenvalue weighted by Gasteiger charge is -2.40. The van der Waals surface area contributed by atoms with Crippen molar-refractivity contribution < 1.29 is 19.0 Å². The number of carbonyl (C=O) groups excluding carboxylic acids is 1. The monoisotopic (exact) mass is 473 g/mol. The largest absolute Gasteiger partial charge is 0.494 e. The van der Waals surface area contributed by atoms with Crippen LogP contribution in [0.4, 0.5) is 17.1 Å². The fraction of sp³-hybridized carbons (Fsp3) is 0.381. The smallest absolute Gasteiger partial charge is 0.361 e. The van der Waals surface area contributed by atoms with Gasteiger partial charge in [0.1, 0.15) is 6.33 Å². The summed E-state index contributed by atoms with van der Waals surface area (Å²) < 4.78 is 17.9. The third-order valence-electron chi connectivity index (χ3n) is 5.17. The summed E-state index contributed by atoms with van der Waals surface area (Å²) in [6.07, 6.45) is 1.78. The summed E-state index contributed by atoms with van der Waals surface area (Å²) in [6, 6.07) is 5.39. The second-order valence-electron chi connectivity index (χ2n) is 7.35. The van der Waals surface area contributed by atoms with Crippen molar-refractivity contribution in [2.24, 2.45) is 7.05 Å². The van der Waals surface area contributed by atoms with E-state index in [2.05, 4.69) is 30.5 Å². The number of ether oxygens (including phenoxy) is 3. The van der Waals surface area contributed by atoms with Crippen LogP contribution in [0.3, 0.4) is 0 Å². The van der Waals surface area contributed by atoms with E-state index in [0.717, 1.165) is 18.8 Å². The summed E-state index contributed by atoms with van der Waals surface area (Å²) in [4.78, 5) is 19.0. The Kier molecular flexibility index (Phi) is 6.61. The number of methoxy groups -OCH3 is 2. The van der Waals surface area contributed by atoms with Gasteiger partial charge in [0.25, 0.3) is 0 Å². The zero-order chi connectivity index (χ0) is 23.5. The van der Waals surface area contributed by atoms with Gasteiger partial charge in [0, 0.05) is 39.0 Å². The van der Waals surface area contributed by atoms with E-state index < -0.39 is 5.97 Å². The third-order valence-corrected chi connectivity index (χ3v) is 5.35. The topological polar surface area (TPSA) is 117 Å². The number of carbonyl (C=O) groups is 1. The second-order valence-corrected chi connectivity index (χ2v) is 7.74. The molecular weight excluding hydrogens is 450 g/mol. The Morgan fingerprint density at radius 2 is 2.00 bits per heavy atom. The SMILES string of the molecule is CCOC(=O)c1nnc(Cl)cc1Nc1cc(N2CC(OC)C2)cc(-c2ncn(C)n2)c1OC. The summed E-state index contributed by atoms with van der Waals surface area (Å²) >= 11 is 6.07. The lowest BCUT2D eigenvalue weighted by Crippen LogP contribution is -2.51. The Hall–Kier alpha value is -3.44. The lowest BCUT2D eigenvalue weighted by atomic mass is 10.1. The third kappa shape index (κ3) is 4.69. The lowest BCUT2D eigenvalue weighted by molar-refractivity contribution is 0.0519. The molecular formula is C21H24ClN7O4. The fourth-order valence-electron chi connectivity index (χ4n) is 3.49. The maximum atomic E-state index is 12.4. The van der Waals surface area contributed by atoms with Crippen molar-refractivity contribution in [1.29, 1.82) is 0 Å². The molecule has 0 amide bonds. The number of hydrogen-bond acceptors (Lipinski definition) is 10. The van der Waals surface area contributed by atoms with Crippen molar-refractivity contribution in [3.8, 4) is 17.1 Å². The highest BCUT2D eigenvalue weighted by Crippen LogP contribution is 2.42. The van der Waals surface area contributed by atoms with Crippen LogP contribution in [0.15, 0.2) is 24.5 Å². The van der Waals surface area contributed by atoms with Crippen LogP contribution in [0.5, 0.6) is 5.75 Å². The van der Waals surface area contributed by atoms with E-state index in [0.29, 0.717) is 28.5 Å². The van der Waals surface area contributed by atoms with E-state index in [1.807, 2.05) is 12.1 Å². The maximum Gasteiger partial charge on any atom is 0.361 e. The van der Waals surface area contributed by atoms with Crippen LogP contribution < -0.4 is 15.0 Å². The van der Waals surface area contributed by atoms with Gasteiger partial charge in [-0.15, -0.1) is 10.2 Å². The van der Waals surface area contributed by atoms with Crippen molar-refractivity contribution in [3.05, 3.63) is 35.4 Å². The summed E-state index contributed by atoms with van der Waals surface area (Å²) in [7, 11) is 5.05. The molecule has 12 heteroatoms. The minimum atomic E-state index is -0.614. The van der Waals surface area contributed by atoms with E-state index in [1.165, 1.54) is 6.07 Å². The van der Waals surface area contributed by atoms with E-state index in [9.17, 15) is 4.79 Å². The van der Waals surface area contributed by atoms with Crippen LogP contribution in [0, 0.1) is 0 Å². The molecule has 1 aliphatic heterocycles. The zero-order valence-corrected chi connectivity index (χ0v) is 19.5. The number of aryl methyl sites for hydroxylation is 1. The number of benzene rings is 1. The normalized spacial score (nSPS) is 13.5. The predicted octanol–water partition coefficient (Wildman–Crippen LogP) is 2.69. The molecule has 3 aromatic rings.